The molecule has 0 saturated carbocycles. The Balaban J connectivity index is 1.12. The molecule has 0 fully saturated rings. The van der Waals surface area contributed by atoms with Crippen LogP contribution in [0.1, 0.15) is 169 Å². The number of aryl methyl sites for hydroxylation is 2. The molecule has 4 nitrogen and oxygen atoms in total. The first-order valence-electron chi connectivity index (χ1n) is 30.4. The molecule has 0 bridgehead atoms. The highest BCUT2D eigenvalue weighted by Gasteiger charge is 2.49. The smallest absolute Gasteiger partial charge is 0.333 e. The standard InChI is InChI=1S/C76H82B2N4/c1-43-27-31-61-65-63(43)53-23-21-25-55-67(53)81(77(65)57-41-45(71(3,4)5)29-33-59(57)79(61)51-37-47(73(9,10)11)35-48(38-51)74(12,13)14)70-56-26-22-24-54-64-44(2)28-32-62-66(64)78(82(68(54)56)69(55)70)58-42-46(72(6,7)8)30-34-60(58)80(62)52-39-49(75(15,16)17)36-50(40-52)76(18,19)20/h21-42H,1-20H3. The van der Waals surface area contributed by atoms with Crippen LogP contribution in [0.25, 0.3) is 55.1 Å². The lowest BCUT2D eigenvalue weighted by Gasteiger charge is -2.42. The van der Waals surface area contributed by atoms with E-state index in [4.69, 9.17) is 0 Å². The van der Waals surface area contributed by atoms with Gasteiger partial charge in [-0.05, 0) is 172 Å². The van der Waals surface area contributed by atoms with Crippen LogP contribution in [0, 0.1) is 13.8 Å². The van der Waals surface area contributed by atoms with Gasteiger partial charge in [-0.3, -0.25) is 0 Å². The van der Waals surface area contributed by atoms with Crippen LogP contribution in [0.4, 0.5) is 34.1 Å². The molecule has 0 aliphatic carbocycles. The number of rotatable bonds is 2. The molecule has 0 amide bonds. The third-order valence-electron chi connectivity index (χ3n) is 19.4. The zero-order valence-electron chi connectivity index (χ0n) is 52.6. The minimum atomic E-state index is -0.0990. The molecule has 0 saturated heterocycles. The van der Waals surface area contributed by atoms with Gasteiger partial charge in [0.25, 0.3) is 0 Å². The van der Waals surface area contributed by atoms with E-state index >= 15 is 0 Å². The van der Waals surface area contributed by atoms with Crippen molar-refractivity contribution >= 4 is 103 Å². The Morgan fingerprint density at radius 2 is 0.622 bits per heavy atom. The Hall–Kier alpha value is -7.17. The second kappa shape index (κ2) is 16.8. The van der Waals surface area contributed by atoms with Crippen molar-refractivity contribution in [2.75, 3.05) is 9.80 Å². The summed E-state index contributed by atoms with van der Waals surface area (Å²) in [5.74, 6) is 0. The summed E-state index contributed by atoms with van der Waals surface area (Å²) < 4.78 is 5.69. The minimum Gasteiger partial charge on any atom is -0.374 e. The zero-order chi connectivity index (χ0) is 58.2. The number of fused-ring (bicyclic) bond motifs is 13. The highest BCUT2D eigenvalue weighted by atomic mass is 15.2. The molecule has 6 heteroatoms. The topological polar surface area (TPSA) is 16.3 Å². The van der Waals surface area contributed by atoms with Gasteiger partial charge in [0.15, 0.2) is 0 Å². The Morgan fingerprint density at radius 1 is 0.305 bits per heavy atom. The quantitative estimate of drug-likeness (QED) is 0.160. The molecule has 6 heterocycles. The molecule has 0 unspecified atom stereocenters. The van der Waals surface area contributed by atoms with Gasteiger partial charge in [0.1, 0.15) is 0 Å². The normalized spacial score (nSPS) is 14.7. The molecule has 82 heavy (non-hydrogen) atoms. The summed E-state index contributed by atoms with van der Waals surface area (Å²) >= 11 is 0. The number of para-hydroxylation sites is 2. The molecule has 4 aliphatic heterocycles. The fourth-order valence-electron chi connectivity index (χ4n) is 14.7. The molecular formula is C76H82B2N4. The van der Waals surface area contributed by atoms with Gasteiger partial charge in [-0.25, -0.2) is 0 Å². The maximum Gasteiger partial charge on any atom is 0.333 e. The van der Waals surface area contributed by atoms with Crippen LogP contribution in [-0.4, -0.2) is 22.7 Å². The molecule has 0 atom stereocenters. The summed E-state index contributed by atoms with van der Waals surface area (Å²) in [6, 6.07) is 54.0. The summed E-state index contributed by atoms with van der Waals surface area (Å²) in [7, 11) is 0. The summed E-state index contributed by atoms with van der Waals surface area (Å²) in [4.78, 5) is 5.28. The second-order valence-electron chi connectivity index (χ2n) is 31.3. The van der Waals surface area contributed by atoms with Gasteiger partial charge in [0, 0.05) is 67.1 Å². The lowest BCUT2D eigenvalue weighted by molar-refractivity contribution is 0.568. The first-order chi connectivity index (χ1) is 38.3. The van der Waals surface area contributed by atoms with E-state index in [1.54, 1.807) is 0 Å². The summed E-state index contributed by atoms with van der Waals surface area (Å²) in [6.07, 6.45) is 0. The summed E-state index contributed by atoms with van der Waals surface area (Å²) in [5.41, 5.74) is 34.1. The van der Waals surface area contributed by atoms with Crippen molar-refractivity contribution in [3.8, 4) is 22.3 Å². The zero-order valence-corrected chi connectivity index (χ0v) is 52.6. The minimum absolute atomic E-state index is 0.0461. The van der Waals surface area contributed by atoms with Crippen LogP contribution in [0.3, 0.4) is 0 Å². The van der Waals surface area contributed by atoms with E-state index in [1.807, 2.05) is 0 Å². The van der Waals surface area contributed by atoms with Crippen molar-refractivity contribution in [1.29, 1.82) is 0 Å². The van der Waals surface area contributed by atoms with Crippen LogP contribution in [0.5, 0.6) is 0 Å². The van der Waals surface area contributed by atoms with Crippen LogP contribution in [-0.2, 0) is 32.5 Å². The number of hydrogen-bond donors (Lipinski definition) is 0. The number of aromatic nitrogens is 2. The number of nitrogens with zero attached hydrogens (tertiary/aromatic N) is 4. The van der Waals surface area contributed by atoms with Crippen LogP contribution >= 0.6 is 0 Å². The molecule has 0 spiro atoms. The maximum atomic E-state index is 2.85. The van der Waals surface area contributed by atoms with Crippen molar-refractivity contribution in [3.05, 3.63) is 178 Å². The van der Waals surface area contributed by atoms with E-state index in [0.29, 0.717) is 0 Å². The second-order valence-corrected chi connectivity index (χ2v) is 31.3. The van der Waals surface area contributed by atoms with Crippen molar-refractivity contribution < 1.29 is 0 Å². The highest BCUT2D eigenvalue weighted by Crippen LogP contribution is 2.53. The lowest BCUT2D eigenvalue weighted by atomic mass is 9.44. The van der Waals surface area contributed by atoms with Crippen molar-refractivity contribution in [2.24, 2.45) is 0 Å². The first-order valence-corrected chi connectivity index (χ1v) is 30.4. The van der Waals surface area contributed by atoms with E-state index in [9.17, 15) is 0 Å². The first kappa shape index (κ1) is 52.9. The fraction of sp³-hybridized carbons (Fsp3) is 0.342. The van der Waals surface area contributed by atoms with Gasteiger partial charge < -0.3 is 18.8 Å². The molecule has 10 aromatic rings. The Morgan fingerprint density at radius 3 is 0.939 bits per heavy atom. The third-order valence-corrected chi connectivity index (χ3v) is 19.4. The monoisotopic (exact) mass is 1070 g/mol. The van der Waals surface area contributed by atoms with Gasteiger partial charge in [0.05, 0.1) is 11.0 Å². The molecule has 14 rings (SSSR count). The number of anilines is 6. The Labute approximate surface area is 489 Å². The molecule has 0 N–H and O–H groups in total. The summed E-state index contributed by atoms with van der Waals surface area (Å²) in [5, 5.41) is 2.63. The number of hydrogen-bond acceptors (Lipinski definition) is 2. The highest BCUT2D eigenvalue weighted by molar-refractivity contribution is 6.92. The van der Waals surface area contributed by atoms with Crippen LogP contribution < -0.4 is 31.7 Å². The predicted molar refractivity (Wildman–Crippen MR) is 358 cm³/mol. The third kappa shape index (κ3) is 7.43. The molecule has 4 aliphatic rings. The molecule has 8 aromatic carbocycles. The van der Waals surface area contributed by atoms with Crippen LogP contribution in [0.15, 0.2) is 133 Å². The van der Waals surface area contributed by atoms with Crippen molar-refractivity contribution in [3.63, 3.8) is 0 Å². The van der Waals surface area contributed by atoms with E-state index in [2.05, 4.69) is 291 Å². The van der Waals surface area contributed by atoms with Crippen LogP contribution in [0.2, 0.25) is 0 Å². The van der Waals surface area contributed by atoms with Gasteiger partial charge in [-0.2, -0.15) is 0 Å². The fourth-order valence-corrected chi connectivity index (χ4v) is 14.7. The van der Waals surface area contributed by atoms with Gasteiger partial charge in [0.2, 0.25) is 0 Å². The Bertz CT molecular complexity index is 4090. The predicted octanol–water partition coefficient (Wildman–Crippen LogP) is 18.0. The van der Waals surface area contributed by atoms with Gasteiger partial charge >= 0.3 is 13.7 Å². The van der Waals surface area contributed by atoms with E-state index in [1.165, 1.54) is 156 Å². The molecular weight excluding hydrogens is 990 g/mol. The van der Waals surface area contributed by atoms with E-state index in [0.717, 1.165) is 0 Å². The van der Waals surface area contributed by atoms with Gasteiger partial charge in [-0.15, -0.1) is 0 Å². The van der Waals surface area contributed by atoms with Crippen molar-refractivity contribution in [2.45, 2.75) is 171 Å². The van der Waals surface area contributed by atoms with Gasteiger partial charge in [-0.1, -0.05) is 210 Å². The lowest BCUT2D eigenvalue weighted by Crippen LogP contribution is -2.57. The maximum absolute atomic E-state index is 2.85. The van der Waals surface area contributed by atoms with E-state index < -0.39 is 0 Å². The average molecular weight is 1070 g/mol. The summed E-state index contributed by atoms with van der Waals surface area (Å²) in [6.45, 7) is 47.1. The molecule has 2 aromatic heterocycles. The number of benzene rings is 8. The Kier molecular flexibility index (Phi) is 10.8. The molecule has 412 valence electrons. The SMILES string of the molecule is Cc1ccc2c3c1-c1cccc4c1n(c1c5cccc6c5n(c41)B1c4cc(C(C)(C)C)ccc4N(c4cc(C(C)(C)C)cc(C(C)(C)C)c4)c4ccc(C)c-6c41)B3c1cc(C(C)(C)C)ccc1N2c1cc(C(C)(C)C)cc(C(C)(C)C)c1. The molecule has 0 radical (unpaired) electrons. The largest absolute Gasteiger partial charge is 0.374 e. The van der Waals surface area contributed by atoms with E-state index in [-0.39, 0.29) is 46.2 Å². The average Bonchev–Trinajstić information content (AvgIpc) is 1.62. The van der Waals surface area contributed by atoms with Crippen molar-refractivity contribution in [1.82, 2.24) is 8.96 Å².